The van der Waals surface area contributed by atoms with Gasteiger partial charge >= 0.3 is 5.97 Å². The van der Waals surface area contributed by atoms with E-state index < -0.39 is 17.3 Å². The lowest BCUT2D eigenvalue weighted by Gasteiger charge is -2.09. The molecule has 0 saturated heterocycles. The molecule has 0 spiro atoms. The maximum Gasteiger partial charge on any atom is 0.338 e. The van der Waals surface area contributed by atoms with Crippen LogP contribution in [0.2, 0.25) is 5.02 Å². The number of H-pyrrole nitrogens is 1. The molecule has 2 N–H and O–H groups in total. The van der Waals surface area contributed by atoms with Gasteiger partial charge < -0.3 is 15.0 Å². The first kappa shape index (κ1) is 18.7. The maximum atomic E-state index is 12.5. The highest BCUT2D eigenvalue weighted by Gasteiger charge is 2.14. The van der Waals surface area contributed by atoms with Gasteiger partial charge in [0.25, 0.3) is 5.91 Å². The van der Waals surface area contributed by atoms with Gasteiger partial charge in [-0.05, 0) is 56.3 Å². The van der Waals surface area contributed by atoms with E-state index in [0.29, 0.717) is 27.2 Å². The highest BCUT2D eigenvalue weighted by molar-refractivity contribution is 6.31. The maximum absolute atomic E-state index is 12.5. The van der Waals surface area contributed by atoms with Gasteiger partial charge in [0.2, 0.25) is 5.43 Å². The van der Waals surface area contributed by atoms with Crippen molar-refractivity contribution in [3.8, 4) is 0 Å². The fraction of sp³-hybridized carbons (Fsp3) is 0.150. The summed E-state index contributed by atoms with van der Waals surface area (Å²) in [7, 11) is 0. The van der Waals surface area contributed by atoms with E-state index in [-0.39, 0.29) is 11.7 Å². The second-order valence-corrected chi connectivity index (χ2v) is 6.64. The van der Waals surface area contributed by atoms with E-state index in [2.05, 4.69) is 10.3 Å². The number of carbonyl (C=O) groups excluding carboxylic acids is 2. The average Bonchev–Trinajstić information content (AvgIpc) is 2.61. The zero-order chi connectivity index (χ0) is 19.6. The summed E-state index contributed by atoms with van der Waals surface area (Å²) in [4.78, 5) is 39.7. The fourth-order valence-corrected chi connectivity index (χ4v) is 2.71. The molecule has 2 aromatic carbocycles. The number of amides is 1. The van der Waals surface area contributed by atoms with Gasteiger partial charge in [-0.2, -0.15) is 0 Å². The normalized spacial score (nSPS) is 10.8. The molecule has 3 aromatic rings. The minimum atomic E-state index is -0.550. The summed E-state index contributed by atoms with van der Waals surface area (Å²) < 4.78 is 5.11. The van der Waals surface area contributed by atoms with Crippen LogP contribution in [-0.2, 0) is 4.74 Å². The molecule has 0 aliphatic rings. The smallest absolute Gasteiger partial charge is 0.338 e. The van der Waals surface area contributed by atoms with Crippen LogP contribution in [0.5, 0.6) is 0 Å². The largest absolute Gasteiger partial charge is 0.459 e. The molecule has 138 valence electrons. The number of ether oxygens (including phenoxy) is 1. The number of nitrogens with one attached hydrogen (secondary N) is 2. The topological polar surface area (TPSA) is 88.3 Å². The predicted molar refractivity (Wildman–Crippen MR) is 105 cm³/mol. The average molecular weight is 385 g/mol. The molecule has 0 fully saturated rings. The molecule has 7 heteroatoms. The Balaban J connectivity index is 1.80. The molecule has 0 bridgehead atoms. The first-order valence-corrected chi connectivity index (χ1v) is 8.66. The number of hydrogen-bond donors (Lipinski definition) is 2. The minimum absolute atomic E-state index is 0.0203. The summed E-state index contributed by atoms with van der Waals surface area (Å²) in [6.45, 7) is 3.53. The number of hydrogen-bond acceptors (Lipinski definition) is 4. The third kappa shape index (κ3) is 4.17. The Bertz CT molecular complexity index is 1070. The highest BCUT2D eigenvalue weighted by Crippen LogP contribution is 2.16. The standard InChI is InChI=1S/C20H17ClN2O4/c1-11(2)27-20(26)12-3-6-14(7-4-12)23-19(25)16-10-22-17-9-13(21)5-8-15(17)18(16)24/h3-11H,1-2H3,(H,22,24)(H,23,25). The van der Waals surface area contributed by atoms with Gasteiger partial charge in [0, 0.05) is 22.3 Å². The number of aromatic nitrogens is 1. The molecule has 0 saturated carbocycles. The second-order valence-electron chi connectivity index (χ2n) is 6.21. The first-order chi connectivity index (χ1) is 12.8. The summed E-state index contributed by atoms with van der Waals surface area (Å²) in [6.07, 6.45) is 1.14. The molecule has 0 unspecified atom stereocenters. The lowest BCUT2D eigenvalue weighted by atomic mass is 10.1. The lowest BCUT2D eigenvalue weighted by molar-refractivity contribution is 0.0378. The third-order valence-corrected chi connectivity index (χ3v) is 4.04. The van der Waals surface area contributed by atoms with E-state index in [1.165, 1.54) is 6.20 Å². The van der Waals surface area contributed by atoms with Crippen molar-refractivity contribution >= 4 is 40.1 Å². The number of rotatable bonds is 4. The van der Waals surface area contributed by atoms with Crippen LogP contribution in [0.3, 0.4) is 0 Å². The monoisotopic (exact) mass is 384 g/mol. The molecule has 1 aromatic heterocycles. The summed E-state index contributed by atoms with van der Waals surface area (Å²) in [5.74, 6) is -0.988. The van der Waals surface area contributed by atoms with E-state index in [0.717, 1.165) is 0 Å². The van der Waals surface area contributed by atoms with Crippen molar-refractivity contribution in [2.45, 2.75) is 20.0 Å². The Morgan fingerprint density at radius 1 is 1.11 bits per heavy atom. The summed E-state index contributed by atoms with van der Waals surface area (Å²) in [6, 6.07) is 11.0. The molecule has 1 heterocycles. The van der Waals surface area contributed by atoms with Crippen LogP contribution < -0.4 is 10.7 Å². The Hall–Kier alpha value is -3.12. The van der Waals surface area contributed by atoms with E-state index in [1.54, 1.807) is 56.3 Å². The summed E-state index contributed by atoms with van der Waals surface area (Å²) in [5, 5.41) is 3.51. The molecular formula is C20H17ClN2O4. The van der Waals surface area contributed by atoms with Gasteiger partial charge in [-0.15, -0.1) is 0 Å². The van der Waals surface area contributed by atoms with Crippen LogP contribution >= 0.6 is 11.6 Å². The van der Waals surface area contributed by atoms with Crippen molar-refractivity contribution < 1.29 is 14.3 Å². The predicted octanol–water partition coefficient (Wildman–Crippen LogP) is 4.00. The molecule has 3 rings (SSSR count). The van der Waals surface area contributed by atoms with Crippen molar-refractivity contribution in [3.63, 3.8) is 0 Å². The zero-order valence-electron chi connectivity index (χ0n) is 14.7. The van der Waals surface area contributed by atoms with Gasteiger partial charge in [0.1, 0.15) is 5.56 Å². The molecule has 0 atom stereocenters. The molecule has 0 radical (unpaired) electrons. The van der Waals surface area contributed by atoms with Gasteiger partial charge in [-0.25, -0.2) is 4.79 Å². The number of esters is 1. The van der Waals surface area contributed by atoms with Crippen LogP contribution in [0.1, 0.15) is 34.6 Å². The zero-order valence-corrected chi connectivity index (χ0v) is 15.5. The molecule has 0 aliphatic carbocycles. The van der Waals surface area contributed by atoms with Crippen LogP contribution in [0.25, 0.3) is 10.9 Å². The van der Waals surface area contributed by atoms with Crippen molar-refractivity contribution in [2.24, 2.45) is 0 Å². The number of pyridine rings is 1. The molecule has 6 nitrogen and oxygen atoms in total. The highest BCUT2D eigenvalue weighted by atomic mass is 35.5. The first-order valence-electron chi connectivity index (χ1n) is 8.28. The second kappa shape index (κ2) is 7.63. The van der Waals surface area contributed by atoms with E-state index in [4.69, 9.17) is 16.3 Å². The molecular weight excluding hydrogens is 368 g/mol. The number of aromatic amines is 1. The number of benzene rings is 2. The van der Waals surface area contributed by atoms with Crippen molar-refractivity contribution in [2.75, 3.05) is 5.32 Å². The lowest BCUT2D eigenvalue weighted by Crippen LogP contribution is -2.22. The quantitative estimate of drug-likeness (QED) is 0.665. The molecule has 1 amide bonds. The van der Waals surface area contributed by atoms with E-state index in [9.17, 15) is 14.4 Å². The van der Waals surface area contributed by atoms with E-state index in [1.807, 2.05) is 0 Å². The van der Waals surface area contributed by atoms with Crippen molar-refractivity contribution in [1.29, 1.82) is 0 Å². The summed E-state index contributed by atoms with van der Waals surface area (Å²) in [5.41, 5.74) is 0.971. The Morgan fingerprint density at radius 3 is 2.48 bits per heavy atom. The van der Waals surface area contributed by atoms with Crippen LogP contribution in [0.4, 0.5) is 5.69 Å². The van der Waals surface area contributed by atoms with Gasteiger partial charge in [0.05, 0.1) is 17.2 Å². The van der Waals surface area contributed by atoms with Gasteiger partial charge in [-0.1, -0.05) is 11.6 Å². The fourth-order valence-electron chi connectivity index (χ4n) is 2.53. The minimum Gasteiger partial charge on any atom is -0.459 e. The van der Waals surface area contributed by atoms with Crippen molar-refractivity contribution in [1.82, 2.24) is 4.98 Å². The summed E-state index contributed by atoms with van der Waals surface area (Å²) >= 11 is 5.91. The SMILES string of the molecule is CC(C)OC(=O)c1ccc(NC(=O)c2c[nH]c3cc(Cl)ccc3c2=O)cc1. The Kier molecular flexibility index (Phi) is 5.28. The number of carbonyl (C=O) groups is 2. The van der Waals surface area contributed by atoms with Gasteiger partial charge in [0.15, 0.2) is 0 Å². The van der Waals surface area contributed by atoms with Gasteiger partial charge in [-0.3, -0.25) is 9.59 Å². The number of fused-ring (bicyclic) bond motifs is 1. The number of anilines is 1. The third-order valence-electron chi connectivity index (χ3n) is 3.81. The number of halogens is 1. The van der Waals surface area contributed by atoms with Crippen LogP contribution in [0.15, 0.2) is 53.5 Å². The van der Waals surface area contributed by atoms with Crippen LogP contribution in [0, 0.1) is 0 Å². The van der Waals surface area contributed by atoms with Crippen molar-refractivity contribution in [3.05, 3.63) is 75.0 Å². The Morgan fingerprint density at radius 2 is 1.81 bits per heavy atom. The van der Waals surface area contributed by atoms with E-state index >= 15 is 0 Å². The van der Waals surface area contributed by atoms with Crippen LogP contribution in [-0.4, -0.2) is 23.0 Å². The molecule has 0 aliphatic heterocycles. The Labute approximate surface area is 160 Å². The molecule has 27 heavy (non-hydrogen) atoms.